The van der Waals surface area contributed by atoms with E-state index in [0.717, 1.165) is 5.56 Å². The van der Waals surface area contributed by atoms with Crippen molar-refractivity contribution in [2.24, 2.45) is 5.11 Å². The molecule has 5 atom stereocenters. The Morgan fingerprint density at radius 1 is 1.46 bits per heavy atom. The van der Waals surface area contributed by atoms with Crippen LogP contribution in [0.1, 0.15) is 12.5 Å². The van der Waals surface area contributed by atoms with Crippen LogP contribution in [0.25, 0.3) is 10.4 Å². The van der Waals surface area contributed by atoms with Gasteiger partial charge in [-0.3, -0.25) is 4.79 Å². The van der Waals surface area contributed by atoms with Crippen LogP contribution >= 0.6 is 0 Å². The lowest BCUT2D eigenvalue weighted by atomic mass is 9.95. The van der Waals surface area contributed by atoms with E-state index in [1.54, 1.807) is 0 Å². The minimum absolute atomic E-state index is 0.179. The van der Waals surface area contributed by atoms with E-state index >= 15 is 0 Å². The summed E-state index contributed by atoms with van der Waals surface area (Å²) in [6.45, 7) is 1.02. The van der Waals surface area contributed by atoms with Gasteiger partial charge in [-0.25, -0.2) is 0 Å². The molecule has 24 heavy (non-hydrogen) atoms. The van der Waals surface area contributed by atoms with Crippen LogP contribution in [0.3, 0.4) is 0 Å². The highest BCUT2D eigenvalue weighted by atomic mass is 16.7. The summed E-state index contributed by atoms with van der Waals surface area (Å²) in [5, 5.41) is 25.9. The van der Waals surface area contributed by atoms with Gasteiger partial charge in [-0.05, 0) is 11.1 Å². The Hall–Kier alpha value is -2.16. The summed E-state index contributed by atoms with van der Waals surface area (Å²) in [5.74, 6) is -0.399. The maximum Gasteiger partial charge on any atom is 0.217 e. The number of nitrogens with one attached hydrogen (secondary N) is 1. The molecule has 0 aliphatic carbocycles. The number of ether oxygens (including phenoxy) is 2. The van der Waals surface area contributed by atoms with E-state index in [1.807, 2.05) is 30.3 Å². The molecule has 0 spiro atoms. The van der Waals surface area contributed by atoms with Crippen molar-refractivity contribution < 1.29 is 24.5 Å². The minimum atomic E-state index is -1.25. The van der Waals surface area contributed by atoms with Crippen molar-refractivity contribution in [2.75, 3.05) is 6.61 Å². The fraction of sp³-hybridized carbons (Fsp3) is 0.533. The van der Waals surface area contributed by atoms with E-state index in [-0.39, 0.29) is 6.61 Å². The number of carbonyl (C=O) groups excluding carboxylic acids is 1. The molecule has 0 bridgehead atoms. The van der Waals surface area contributed by atoms with Crippen molar-refractivity contribution in [1.29, 1.82) is 0 Å². The van der Waals surface area contributed by atoms with Crippen LogP contribution in [-0.4, -0.2) is 53.3 Å². The molecule has 9 heteroatoms. The van der Waals surface area contributed by atoms with Gasteiger partial charge in [0.15, 0.2) is 6.29 Å². The maximum absolute atomic E-state index is 11.3. The lowest BCUT2D eigenvalue weighted by Gasteiger charge is -2.42. The van der Waals surface area contributed by atoms with Crippen LogP contribution in [0.4, 0.5) is 0 Å². The number of benzene rings is 1. The Kier molecular flexibility index (Phi) is 6.53. The first-order valence-electron chi connectivity index (χ1n) is 7.48. The number of hydrogen-bond donors (Lipinski definition) is 3. The summed E-state index contributed by atoms with van der Waals surface area (Å²) in [6.07, 6.45) is -3.18. The van der Waals surface area contributed by atoms with Crippen LogP contribution in [0.15, 0.2) is 35.4 Å². The lowest BCUT2D eigenvalue weighted by Crippen LogP contribution is -2.64. The van der Waals surface area contributed by atoms with Gasteiger partial charge >= 0.3 is 0 Å². The second-order valence-corrected chi connectivity index (χ2v) is 5.43. The summed E-state index contributed by atoms with van der Waals surface area (Å²) in [6, 6.07) is 7.31. The highest BCUT2D eigenvalue weighted by Crippen LogP contribution is 2.25. The van der Waals surface area contributed by atoms with Crippen LogP contribution in [-0.2, 0) is 20.9 Å². The summed E-state index contributed by atoms with van der Waals surface area (Å²) < 4.78 is 11.2. The van der Waals surface area contributed by atoms with Gasteiger partial charge in [-0.2, -0.15) is 0 Å². The molecule has 1 aliphatic rings. The predicted octanol–water partition coefficient (Wildman–Crippen LogP) is 0.465. The molecule has 9 nitrogen and oxygen atoms in total. The Morgan fingerprint density at radius 2 is 2.17 bits per heavy atom. The van der Waals surface area contributed by atoms with Crippen molar-refractivity contribution in [3.63, 3.8) is 0 Å². The fourth-order valence-electron chi connectivity index (χ4n) is 2.57. The Balaban J connectivity index is 2.14. The van der Waals surface area contributed by atoms with E-state index in [1.165, 1.54) is 6.92 Å². The summed E-state index contributed by atoms with van der Waals surface area (Å²) >= 11 is 0. The molecule has 1 amide bonds. The van der Waals surface area contributed by atoms with Crippen LogP contribution in [0.5, 0.6) is 0 Å². The summed E-state index contributed by atoms with van der Waals surface area (Å²) in [7, 11) is 0. The highest BCUT2D eigenvalue weighted by molar-refractivity contribution is 5.73. The van der Waals surface area contributed by atoms with E-state index < -0.39 is 43.1 Å². The molecule has 0 saturated carbocycles. The molecule has 2 rings (SSSR count). The second-order valence-electron chi connectivity index (χ2n) is 5.43. The molecule has 0 aromatic heterocycles. The van der Waals surface area contributed by atoms with Crippen LogP contribution in [0, 0.1) is 0 Å². The molecule has 3 N–H and O–H groups in total. The number of aliphatic hydroxyl groups excluding tert-OH is 2. The average Bonchev–Trinajstić information content (AvgIpc) is 2.58. The fourth-order valence-corrected chi connectivity index (χ4v) is 2.57. The van der Waals surface area contributed by atoms with Gasteiger partial charge in [0.1, 0.15) is 12.1 Å². The molecule has 1 saturated heterocycles. The third-order valence-corrected chi connectivity index (χ3v) is 3.70. The monoisotopic (exact) mass is 336 g/mol. The Morgan fingerprint density at radius 3 is 2.75 bits per heavy atom. The number of rotatable bonds is 6. The van der Waals surface area contributed by atoms with Gasteiger partial charge in [0, 0.05) is 11.8 Å². The topological polar surface area (TPSA) is 137 Å². The lowest BCUT2D eigenvalue weighted by molar-refractivity contribution is -0.245. The quantitative estimate of drug-likeness (QED) is 0.394. The first-order chi connectivity index (χ1) is 11.6. The maximum atomic E-state index is 11.3. The Labute approximate surface area is 138 Å². The van der Waals surface area contributed by atoms with Gasteiger partial charge in [0.25, 0.3) is 0 Å². The molecule has 130 valence electrons. The van der Waals surface area contributed by atoms with Crippen molar-refractivity contribution in [1.82, 2.24) is 5.32 Å². The predicted molar refractivity (Wildman–Crippen MR) is 83.5 cm³/mol. The minimum Gasteiger partial charge on any atom is -0.394 e. The number of nitrogens with zero attached hydrogens (tertiary/aromatic N) is 3. The van der Waals surface area contributed by atoms with Gasteiger partial charge < -0.3 is 25.0 Å². The molecule has 0 radical (unpaired) electrons. The third-order valence-electron chi connectivity index (χ3n) is 3.70. The molecule has 1 fully saturated rings. The number of hydrogen-bond acceptors (Lipinski definition) is 6. The van der Waals surface area contributed by atoms with E-state index in [0.29, 0.717) is 0 Å². The standard InChI is InChI=1S/C15H20N4O5/c1-9(21)17-12-11(7-20)24-15(13(14(12)22)18-19-16)23-8-10-5-3-2-4-6-10/h2-6,11-15,20,22H,7-8H2,1H3,(H,17,21)/t11-,12-,13?,14+,15-/m1/s1. The van der Waals surface area contributed by atoms with Crippen molar-refractivity contribution in [3.8, 4) is 0 Å². The zero-order valence-electron chi connectivity index (χ0n) is 13.1. The summed E-state index contributed by atoms with van der Waals surface area (Å²) in [5.41, 5.74) is 9.60. The zero-order valence-corrected chi connectivity index (χ0v) is 13.1. The first-order valence-corrected chi connectivity index (χ1v) is 7.48. The van der Waals surface area contributed by atoms with Crippen molar-refractivity contribution in [3.05, 3.63) is 46.3 Å². The van der Waals surface area contributed by atoms with Crippen molar-refractivity contribution >= 4 is 5.91 Å². The molecule has 1 heterocycles. The molecule has 1 aromatic carbocycles. The number of carbonyl (C=O) groups is 1. The zero-order chi connectivity index (χ0) is 17.5. The molecule has 1 aromatic rings. The Bertz CT molecular complexity index is 593. The number of amides is 1. The first kappa shape index (κ1) is 18.2. The van der Waals surface area contributed by atoms with Gasteiger partial charge in [-0.15, -0.1) is 0 Å². The number of azide groups is 1. The normalized spacial score (nSPS) is 29.5. The smallest absolute Gasteiger partial charge is 0.217 e. The van der Waals surface area contributed by atoms with E-state index in [4.69, 9.17) is 15.0 Å². The van der Waals surface area contributed by atoms with Gasteiger partial charge in [0.05, 0.1) is 25.4 Å². The average molecular weight is 336 g/mol. The molecular weight excluding hydrogens is 316 g/mol. The second kappa shape index (κ2) is 8.62. The molecule has 1 aliphatic heterocycles. The SMILES string of the molecule is CC(=O)N[C@H]1[C@H](O)C(N=[N+]=[N-])[C@H](OCc2ccccc2)O[C@@H]1CO. The third kappa shape index (κ3) is 4.44. The van der Waals surface area contributed by atoms with E-state index in [9.17, 15) is 15.0 Å². The van der Waals surface area contributed by atoms with Gasteiger partial charge in [-0.1, -0.05) is 35.4 Å². The summed E-state index contributed by atoms with van der Waals surface area (Å²) in [4.78, 5) is 14.0. The van der Waals surface area contributed by atoms with Crippen LogP contribution < -0.4 is 5.32 Å². The van der Waals surface area contributed by atoms with Gasteiger partial charge in [0.2, 0.25) is 5.91 Å². The van der Waals surface area contributed by atoms with E-state index in [2.05, 4.69) is 15.3 Å². The largest absolute Gasteiger partial charge is 0.394 e. The highest BCUT2D eigenvalue weighted by Gasteiger charge is 2.45. The molecule has 1 unspecified atom stereocenters. The number of aliphatic hydroxyl groups is 2. The molecular formula is C15H20N4O5. The van der Waals surface area contributed by atoms with Crippen molar-refractivity contribution in [2.45, 2.75) is 44.1 Å². The van der Waals surface area contributed by atoms with Crippen LogP contribution in [0.2, 0.25) is 0 Å².